The zero-order valence-electron chi connectivity index (χ0n) is 61.4. The molecule has 0 aliphatic heterocycles. The minimum atomic E-state index is 0.165. The number of nitrogens with zero attached hydrogens (tertiary/aromatic N) is 6. The van der Waals surface area contributed by atoms with Gasteiger partial charge in [-0.05, 0) is 204 Å². The Hall–Kier alpha value is -14.7. The molecule has 0 saturated heterocycles. The highest BCUT2D eigenvalue weighted by molar-refractivity contribution is 6.28. The van der Waals surface area contributed by atoms with Crippen molar-refractivity contribution in [3.63, 3.8) is 0 Å². The van der Waals surface area contributed by atoms with Crippen LogP contribution in [0.3, 0.4) is 0 Å². The molecule has 114 heavy (non-hydrogen) atoms. The van der Waals surface area contributed by atoms with Gasteiger partial charge in [0.15, 0.2) is 29.1 Å². The number of fused-ring (bicyclic) bond motifs is 6. The molecule has 20 rings (SSSR count). The van der Waals surface area contributed by atoms with Crippen LogP contribution in [0.15, 0.2) is 409 Å². The Kier molecular flexibility index (Phi) is 20.2. The van der Waals surface area contributed by atoms with Crippen LogP contribution in [0.2, 0.25) is 5.28 Å². The molecular formula is C102H67BClN6O4. The summed E-state index contributed by atoms with van der Waals surface area (Å²) in [6, 6.07) is 137. The lowest BCUT2D eigenvalue weighted by atomic mass is 9.95. The van der Waals surface area contributed by atoms with Gasteiger partial charge in [-0.2, -0.15) is 9.97 Å². The highest BCUT2D eigenvalue weighted by Gasteiger charge is 2.19. The van der Waals surface area contributed by atoms with Gasteiger partial charge in [0.1, 0.15) is 28.1 Å². The van der Waals surface area contributed by atoms with E-state index in [0.29, 0.717) is 42.6 Å². The first kappa shape index (κ1) is 70.9. The predicted molar refractivity (Wildman–Crippen MR) is 465 cm³/mol. The van der Waals surface area contributed by atoms with Crippen molar-refractivity contribution in [1.29, 1.82) is 0 Å². The van der Waals surface area contributed by atoms with Crippen molar-refractivity contribution in [3.8, 4) is 152 Å². The van der Waals surface area contributed by atoms with Crippen molar-refractivity contribution >= 4 is 63.2 Å². The zero-order valence-corrected chi connectivity index (χ0v) is 62.2. The summed E-state index contributed by atoms with van der Waals surface area (Å²) >= 11 is 6.24. The predicted octanol–water partition coefficient (Wildman–Crippen LogP) is 26.5. The van der Waals surface area contributed by atoms with Gasteiger partial charge in [-0.15, -0.1) is 0 Å². The van der Waals surface area contributed by atoms with Gasteiger partial charge in [0.05, 0.1) is 0 Å². The Morgan fingerprint density at radius 3 is 0.798 bits per heavy atom. The molecule has 0 atom stereocenters. The molecule has 0 aliphatic rings. The fraction of sp³-hybridized carbons (Fsp3) is 0. The highest BCUT2D eigenvalue weighted by atomic mass is 35.5. The SMILES string of the molecule is Clc1nc(-c2ccccc2)nc(-c2ccc3oc4cc(-c5ccccc5)ccc4c3c2)n1.O[B]Oc1cccc(-c2cccc(-c3cccc(-c4ccccc4)c3)c2)c1.c1ccc(-c2cccc(-c3cccc(-c4cccc(-c5nc(-c6ccccc6)nc(-c6ccc7oc8cc(-c9ccccc9)ccc8c7c6)n5)c4)c3)c2)cc1. The van der Waals surface area contributed by atoms with E-state index in [2.05, 4.69) is 264 Å². The highest BCUT2D eigenvalue weighted by Crippen LogP contribution is 2.40. The minimum absolute atomic E-state index is 0.165. The lowest BCUT2D eigenvalue weighted by molar-refractivity contribution is 0.454. The second-order valence-electron chi connectivity index (χ2n) is 27.5. The van der Waals surface area contributed by atoms with Gasteiger partial charge in [-0.1, -0.05) is 297 Å². The molecule has 0 amide bonds. The quantitative estimate of drug-likeness (QED) is 0.0989. The maximum absolute atomic E-state index is 8.85. The Labute approximate surface area is 664 Å². The molecule has 539 valence electrons. The zero-order chi connectivity index (χ0) is 76.5. The molecule has 12 heteroatoms. The molecule has 0 unspecified atom stereocenters. The van der Waals surface area contributed by atoms with Crippen LogP contribution in [-0.2, 0) is 0 Å². The van der Waals surface area contributed by atoms with Gasteiger partial charge < -0.3 is 18.5 Å². The molecule has 0 fully saturated rings. The number of aromatic nitrogens is 6. The second-order valence-corrected chi connectivity index (χ2v) is 27.8. The van der Waals surface area contributed by atoms with Crippen LogP contribution in [0, 0.1) is 0 Å². The monoisotopic (exact) mass is 1490 g/mol. The fourth-order valence-electron chi connectivity index (χ4n) is 14.4. The van der Waals surface area contributed by atoms with Crippen LogP contribution in [-0.4, -0.2) is 42.6 Å². The summed E-state index contributed by atoms with van der Waals surface area (Å²) in [5.41, 5.74) is 26.2. The summed E-state index contributed by atoms with van der Waals surface area (Å²) < 4.78 is 17.6. The third-order valence-corrected chi connectivity index (χ3v) is 20.3. The van der Waals surface area contributed by atoms with Crippen molar-refractivity contribution in [2.24, 2.45) is 0 Å². The van der Waals surface area contributed by atoms with Gasteiger partial charge in [-0.25, -0.2) is 19.9 Å². The minimum Gasteiger partial charge on any atom is -0.537 e. The van der Waals surface area contributed by atoms with Crippen LogP contribution in [0.4, 0.5) is 0 Å². The van der Waals surface area contributed by atoms with Crippen LogP contribution < -0.4 is 4.65 Å². The van der Waals surface area contributed by atoms with Gasteiger partial charge >= 0.3 is 7.69 Å². The van der Waals surface area contributed by atoms with Crippen LogP contribution >= 0.6 is 11.6 Å². The first-order valence-electron chi connectivity index (χ1n) is 37.5. The average Bonchev–Trinajstić information content (AvgIpc) is 1.60. The Morgan fingerprint density at radius 2 is 0.447 bits per heavy atom. The van der Waals surface area contributed by atoms with E-state index in [1.54, 1.807) is 0 Å². The van der Waals surface area contributed by atoms with Crippen molar-refractivity contribution in [2.45, 2.75) is 0 Å². The summed E-state index contributed by atoms with van der Waals surface area (Å²) in [7, 11) is 0.699. The van der Waals surface area contributed by atoms with E-state index >= 15 is 0 Å². The fourth-order valence-corrected chi connectivity index (χ4v) is 14.6. The molecule has 20 aromatic rings. The second kappa shape index (κ2) is 32.4. The molecule has 4 aromatic heterocycles. The first-order valence-corrected chi connectivity index (χ1v) is 37.9. The molecular weight excluding hydrogens is 1420 g/mol. The van der Waals surface area contributed by atoms with E-state index in [0.717, 1.165) is 127 Å². The van der Waals surface area contributed by atoms with E-state index in [1.165, 1.54) is 33.4 Å². The maximum Gasteiger partial charge on any atom is 0.569 e. The lowest BCUT2D eigenvalue weighted by Gasteiger charge is -2.11. The average molecular weight is 1490 g/mol. The normalized spacial score (nSPS) is 11.1. The molecule has 10 nitrogen and oxygen atoms in total. The molecule has 0 aliphatic carbocycles. The summed E-state index contributed by atoms with van der Waals surface area (Å²) in [6.07, 6.45) is 0. The van der Waals surface area contributed by atoms with Crippen LogP contribution in [0.1, 0.15) is 0 Å². The number of benzene rings is 16. The van der Waals surface area contributed by atoms with Gasteiger partial charge in [-0.3, -0.25) is 0 Å². The van der Waals surface area contributed by atoms with Crippen molar-refractivity contribution in [1.82, 2.24) is 29.9 Å². The largest absolute Gasteiger partial charge is 0.569 e. The Morgan fingerprint density at radius 1 is 0.202 bits per heavy atom. The molecule has 4 heterocycles. The van der Waals surface area contributed by atoms with Gasteiger partial charge in [0, 0.05) is 49.4 Å². The van der Waals surface area contributed by atoms with Crippen molar-refractivity contribution < 1.29 is 18.5 Å². The van der Waals surface area contributed by atoms with E-state index in [1.807, 2.05) is 152 Å². The van der Waals surface area contributed by atoms with Crippen molar-refractivity contribution in [3.05, 3.63) is 406 Å². The van der Waals surface area contributed by atoms with E-state index in [9.17, 15) is 0 Å². The molecule has 0 saturated carbocycles. The number of hydrogen-bond acceptors (Lipinski definition) is 10. The number of furan rings is 2. The summed E-state index contributed by atoms with van der Waals surface area (Å²) in [5.74, 6) is 3.52. The van der Waals surface area contributed by atoms with Crippen LogP contribution in [0.25, 0.3) is 190 Å². The summed E-state index contributed by atoms with van der Waals surface area (Å²) in [6.45, 7) is 0. The van der Waals surface area contributed by atoms with Crippen LogP contribution in [0.5, 0.6) is 5.75 Å². The first-order chi connectivity index (χ1) is 56.3. The standard InChI is InChI=1S/C51H33N3O.C27H16ClN3O.C24H18BO2/c1-4-13-34(14-5-1)37-19-10-20-38(29-37)39-21-11-22-40(30-39)41-23-12-24-43(31-41)50-52-49(36-17-8-3-9-18-36)53-51(54-50)44-26-28-47-46(32-44)45-27-25-42(33-48(45)55-47)35-15-6-2-7-16-35;28-27-30-25(18-9-5-2-6-10-18)29-26(31-27)20-12-14-23-22(15-20)21-13-11-19(16-24(21)32-23)17-7-3-1-4-8-17;26-25-27-24-14-6-13-23(17-24)22-12-5-11-21(16-22)20-10-4-9-19(15-20)18-7-2-1-3-8-18/h1-33H;1-16H;1-17,26H. The Balaban J connectivity index is 0.000000130. The number of halogens is 1. The molecule has 0 bridgehead atoms. The van der Waals surface area contributed by atoms with Gasteiger partial charge in [0.25, 0.3) is 0 Å². The van der Waals surface area contributed by atoms with Crippen molar-refractivity contribution in [2.75, 3.05) is 0 Å². The summed E-state index contributed by atoms with van der Waals surface area (Å²) in [4.78, 5) is 28.5. The molecule has 16 aromatic carbocycles. The topological polar surface area (TPSA) is 133 Å². The number of rotatable bonds is 15. The van der Waals surface area contributed by atoms with Gasteiger partial charge in [0.2, 0.25) is 5.28 Å². The smallest absolute Gasteiger partial charge is 0.537 e. The molecule has 1 N–H and O–H groups in total. The van der Waals surface area contributed by atoms with E-state index in [-0.39, 0.29) is 5.28 Å². The summed E-state index contributed by atoms with van der Waals surface area (Å²) in [5, 5.41) is 13.1. The number of hydrogen-bond donors (Lipinski definition) is 1. The third-order valence-electron chi connectivity index (χ3n) is 20.1. The Bertz CT molecular complexity index is 6830. The van der Waals surface area contributed by atoms with E-state index < -0.39 is 0 Å². The third kappa shape index (κ3) is 15.6. The molecule has 0 spiro atoms. The van der Waals surface area contributed by atoms with E-state index in [4.69, 9.17) is 45.1 Å². The molecule has 1 radical (unpaired) electrons. The maximum atomic E-state index is 8.85. The lowest BCUT2D eigenvalue weighted by Crippen LogP contribution is -2.00.